The number of H-pyrrole nitrogens is 1. The van der Waals surface area contributed by atoms with Gasteiger partial charge in [-0.1, -0.05) is 29.8 Å². The largest absolute Gasteiger partial charge is 0.508 e. The van der Waals surface area contributed by atoms with E-state index in [0.29, 0.717) is 5.75 Å². The molecule has 114 valence electrons. The van der Waals surface area contributed by atoms with Gasteiger partial charge in [0, 0.05) is 23.1 Å². The Morgan fingerprint density at radius 3 is 2.82 bits per heavy atom. The van der Waals surface area contributed by atoms with E-state index in [9.17, 15) is 5.11 Å². The summed E-state index contributed by atoms with van der Waals surface area (Å²) in [6.45, 7) is 3.07. The highest BCUT2D eigenvalue weighted by Crippen LogP contribution is 2.34. The van der Waals surface area contributed by atoms with Gasteiger partial charge in [0.1, 0.15) is 5.75 Å². The van der Waals surface area contributed by atoms with E-state index < -0.39 is 0 Å². The van der Waals surface area contributed by atoms with Gasteiger partial charge in [-0.3, -0.25) is 0 Å². The first-order chi connectivity index (χ1) is 10.2. The molecule has 0 fully saturated rings. The van der Waals surface area contributed by atoms with E-state index in [1.54, 1.807) is 6.07 Å². The van der Waals surface area contributed by atoms with Gasteiger partial charge in [0.2, 0.25) is 0 Å². The molecular weight excluding hydrogens is 296 g/mol. The highest BCUT2D eigenvalue weighted by Gasteiger charge is 2.25. The first-order valence-electron chi connectivity index (χ1n) is 7.36. The fourth-order valence-corrected chi connectivity index (χ4v) is 3.35. The zero-order chi connectivity index (χ0) is 14.4. The van der Waals surface area contributed by atoms with Gasteiger partial charge in [-0.25, -0.2) is 0 Å². The summed E-state index contributed by atoms with van der Waals surface area (Å²) in [4.78, 5) is 3.54. The Kier molecular flexibility index (Phi) is 3.85. The normalized spacial score (nSPS) is 17.0. The summed E-state index contributed by atoms with van der Waals surface area (Å²) in [5.41, 5.74) is 6.21. The molecule has 0 amide bonds. The van der Waals surface area contributed by atoms with Crippen LogP contribution in [0, 0.1) is 6.92 Å². The van der Waals surface area contributed by atoms with Crippen molar-refractivity contribution in [1.82, 2.24) is 10.3 Å². The maximum atomic E-state index is 9.74. The lowest BCUT2D eigenvalue weighted by atomic mass is 9.93. The third kappa shape index (κ3) is 2.36. The van der Waals surface area contributed by atoms with Gasteiger partial charge < -0.3 is 15.4 Å². The Morgan fingerprint density at radius 2 is 2.00 bits per heavy atom. The average Bonchev–Trinajstić information content (AvgIpc) is 2.85. The molecule has 1 aliphatic rings. The molecule has 1 atom stereocenters. The van der Waals surface area contributed by atoms with Crippen molar-refractivity contribution in [3.63, 3.8) is 0 Å². The molecule has 2 heterocycles. The Balaban J connectivity index is 0.00000144. The fourth-order valence-electron chi connectivity index (χ4n) is 3.35. The van der Waals surface area contributed by atoms with Crippen LogP contribution in [0.15, 0.2) is 42.5 Å². The third-order valence-electron chi connectivity index (χ3n) is 4.31. The number of aromatic nitrogens is 1. The number of benzene rings is 2. The molecule has 0 saturated heterocycles. The van der Waals surface area contributed by atoms with Gasteiger partial charge in [-0.15, -0.1) is 12.4 Å². The van der Waals surface area contributed by atoms with Gasteiger partial charge in [0.25, 0.3) is 0 Å². The van der Waals surface area contributed by atoms with Gasteiger partial charge in [-0.05, 0) is 42.7 Å². The summed E-state index contributed by atoms with van der Waals surface area (Å²) in [5.74, 6) is 0.329. The van der Waals surface area contributed by atoms with Crippen molar-refractivity contribution in [3.8, 4) is 5.75 Å². The number of rotatable bonds is 1. The molecule has 1 aromatic heterocycles. The van der Waals surface area contributed by atoms with Crippen LogP contribution < -0.4 is 5.32 Å². The molecule has 0 spiro atoms. The predicted molar refractivity (Wildman–Crippen MR) is 91.9 cm³/mol. The lowest BCUT2D eigenvalue weighted by molar-refractivity contribution is 0.476. The van der Waals surface area contributed by atoms with E-state index in [-0.39, 0.29) is 18.4 Å². The monoisotopic (exact) mass is 314 g/mol. The van der Waals surface area contributed by atoms with Crippen LogP contribution >= 0.6 is 12.4 Å². The Labute approximate surface area is 135 Å². The zero-order valence-electron chi connectivity index (χ0n) is 12.4. The number of nitrogens with one attached hydrogen (secondary N) is 2. The predicted octanol–water partition coefficient (Wildman–Crippen LogP) is 3.84. The molecule has 0 bridgehead atoms. The van der Waals surface area contributed by atoms with Gasteiger partial charge in [0.05, 0.1) is 6.04 Å². The standard InChI is InChI=1S/C18H18N2O.ClH/c1-11-3-2-4-12(9-11)17-18-14(7-8-19-17)15-10-13(21)5-6-16(15)20-18;/h2-6,9-10,17,19-21H,7-8H2,1H3;1H. The molecule has 3 aromatic rings. The maximum Gasteiger partial charge on any atom is 0.116 e. The van der Waals surface area contributed by atoms with E-state index in [1.165, 1.54) is 22.4 Å². The molecule has 4 rings (SSSR count). The number of halogens is 1. The molecule has 0 radical (unpaired) electrons. The van der Waals surface area contributed by atoms with E-state index in [2.05, 4.69) is 41.5 Å². The second kappa shape index (κ2) is 5.67. The van der Waals surface area contributed by atoms with Gasteiger partial charge >= 0.3 is 0 Å². The second-order valence-electron chi connectivity index (χ2n) is 5.80. The smallest absolute Gasteiger partial charge is 0.116 e. The SMILES string of the molecule is Cc1cccc(C2NCCc3c2[nH]c2ccc(O)cc32)c1.Cl. The summed E-state index contributed by atoms with van der Waals surface area (Å²) < 4.78 is 0. The van der Waals surface area contributed by atoms with Crippen LogP contribution in [0.25, 0.3) is 10.9 Å². The van der Waals surface area contributed by atoms with Crippen molar-refractivity contribution < 1.29 is 5.11 Å². The lowest BCUT2D eigenvalue weighted by Gasteiger charge is -2.25. The summed E-state index contributed by atoms with van der Waals surface area (Å²) in [5, 5.41) is 14.5. The van der Waals surface area contributed by atoms with E-state index in [0.717, 1.165) is 23.9 Å². The van der Waals surface area contributed by atoms with Crippen LogP contribution in [0.3, 0.4) is 0 Å². The molecule has 4 heteroatoms. The number of aryl methyl sites for hydroxylation is 1. The molecule has 2 aromatic carbocycles. The second-order valence-corrected chi connectivity index (χ2v) is 5.80. The molecule has 3 nitrogen and oxygen atoms in total. The summed E-state index contributed by atoms with van der Waals surface area (Å²) in [6, 6.07) is 14.4. The van der Waals surface area contributed by atoms with Crippen LogP contribution in [0.2, 0.25) is 0 Å². The van der Waals surface area contributed by atoms with Crippen LogP contribution in [-0.4, -0.2) is 16.6 Å². The minimum Gasteiger partial charge on any atom is -0.508 e. The number of hydrogen-bond acceptors (Lipinski definition) is 2. The Bertz CT molecular complexity index is 825. The number of fused-ring (bicyclic) bond motifs is 3. The maximum absolute atomic E-state index is 9.74. The first kappa shape index (κ1) is 14.9. The van der Waals surface area contributed by atoms with Crippen molar-refractivity contribution >= 4 is 23.3 Å². The number of hydrogen-bond donors (Lipinski definition) is 3. The average molecular weight is 315 g/mol. The van der Waals surface area contributed by atoms with Crippen molar-refractivity contribution in [2.75, 3.05) is 6.54 Å². The molecule has 22 heavy (non-hydrogen) atoms. The summed E-state index contributed by atoms with van der Waals surface area (Å²) in [6.07, 6.45) is 0.987. The molecule has 1 aliphatic heterocycles. The number of phenolic OH excluding ortho intramolecular Hbond substituents is 1. The molecule has 0 saturated carbocycles. The minimum absolute atomic E-state index is 0. The van der Waals surface area contributed by atoms with Crippen molar-refractivity contribution in [2.45, 2.75) is 19.4 Å². The Morgan fingerprint density at radius 1 is 1.14 bits per heavy atom. The quantitative estimate of drug-likeness (QED) is 0.639. The molecular formula is C18H19ClN2O. The highest BCUT2D eigenvalue weighted by atomic mass is 35.5. The minimum atomic E-state index is 0. The first-order valence-corrected chi connectivity index (χ1v) is 7.36. The van der Waals surface area contributed by atoms with Crippen molar-refractivity contribution in [1.29, 1.82) is 0 Å². The van der Waals surface area contributed by atoms with Gasteiger partial charge in [-0.2, -0.15) is 0 Å². The highest BCUT2D eigenvalue weighted by molar-refractivity contribution is 5.86. The van der Waals surface area contributed by atoms with Crippen LogP contribution in [0.5, 0.6) is 5.75 Å². The topological polar surface area (TPSA) is 48.0 Å². The fraction of sp³-hybridized carbons (Fsp3) is 0.222. The molecule has 3 N–H and O–H groups in total. The van der Waals surface area contributed by atoms with E-state index in [1.807, 2.05) is 12.1 Å². The van der Waals surface area contributed by atoms with E-state index in [4.69, 9.17) is 0 Å². The van der Waals surface area contributed by atoms with Crippen LogP contribution in [-0.2, 0) is 6.42 Å². The number of aromatic hydroxyl groups is 1. The Hall–Kier alpha value is -1.97. The number of aromatic amines is 1. The lowest BCUT2D eigenvalue weighted by Crippen LogP contribution is -2.30. The third-order valence-corrected chi connectivity index (χ3v) is 4.31. The summed E-state index contributed by atoms with van der Waals surface area (Å²) >= 11 is 0. The molecule has 1 unspecified atom stereocenters. The van der Waals surface area contributed by atoms with E-state index >= 15 is 0 Å². The van der Waals surface area contributed by atoms with Crippen LogP contribution in [0.4, 0.5) is 0 Å². The number of phenols is 1. The zero-order valence-corrected chi connectivity index (χ0v) is 13.2. The van der Waals surface area contributed by atoms with Crippen LogP contribution in [0.1, 0.15) is 28.4 Å². The summed E-state index contributed by atoms with van der Waals surface area (Å²) in [7, 11) is 0. The van der Waals surface area contributed by atoms with Crippen molar-refractivity contribution in [2.24, 2.45) is 0 Å². The van der Waals surface area contributed by atoms with Crippen molar-refractivity contribution in [3.05, 3.63) is 64.8 Å². The molecule has 0 aliphatic carbocycles. The van der Waals surface area contributed by atoms with Gasteiger partial charge in [0.15, 0.2) is 0 Å².